The van der Waals surface area contributed by atoms with E-state index in [0.717, 1.165) is 5.56 Å². The Morgan fingerprint density at radius 3 is 2.35 bits per heavy atom. The van der Waals surface area contributed by atoms with E-state index in [1.54, 1.807) is 14.0 Å². The number of hydrogen-bond acceptors (Lipinski definition) is 4. The minimum atomic E-state index is -0.703. The van der Waals surface area contributed by atoms with Crippen LogP contribution in [0.15, 0.2) is 42.5 Å². The molecule has 2 aromatic carbocycles. The van der Waals surface area contributed by atoms with Crippen molar-refractivity contribution in [2.45, 2.75) is 39.5 Å². The molecule has 0 unspecified atom stereocenters. The highest BCUT2D eigenvalue weighted by atomic mass is 19.1. The number of carbonyl (C=O) groups is 1. The van der Waals surface area contributed by atoms with Crippen LogP contribution in [0.4, 0.5) is 4.39 Å². The molecule has 0 saturated heterocycles. The summed E-state index contributed by atoms with van der Waals surface area (Å²) in [6.45, 7) is 5.85. The van der Waals surface area contributed by atoms with Crippen molar-refractivity contribution in [3.8, 4) is 17.2 Å². The summed E-state index contributed by atoms with van der Waals surface area (Å²) in [4.78, 5) is 12.2. The topological polar surface area (TPSA) is 56.8 Å². The Hall–Kier alpha value is -2.76. The van der Waals surface area contributed by atoms with Crippen molar-refractivity contribution in [2.24, 2.45) is 0 Å². The summed E-state index contributed by atoms with van der Waals surface area (Å²) in [5.41, 5.74) is 0.875. The fraction of sp³-hybridized carbons (Fsp3) is 0.350. The Bertz CT molecular complexity index is 731. The molecule has 26 heavy (non-hydrogen) atoms. The zero-order valence-corrected chi connectivity index (χ0v) is 15.4. The Kier molecular flexibility index (Phi) is 6.83. The molecule has 0 fully saturated rings. The van der Waals surface area contributed by atoms with Crippen molar-refractivity contribution in [3.63, 3.8) is 0 Å². The molecule has 0 heterocycles. The number of nitrogens with one attached hydrogen (secondary N) is 1. The van der Waals surface area contributed by atoms with Gasteiger partial charge in [-0.05, 0) is 62.7 Å². The fourth-order valence-corrected chi connectivity index (χ4v) is 2.28. The maximum atomic E-state index is 12.9. The molecule has 140 valence electrons. The van der Waals surface area contributed by atoms with Crippen LogP contribution in [0.5, 0.6) is 17.2 Å². The van der Waals surface area contributed by atoms with Crippen LogP contribution in [0.1, 0.15) is 26.3 Å². The maximum Gasteiger partial charge on any atom is 0.261 e. The highest BCUT2D eigenvalue weighted by Gasteiger charge is 2.15. The Morgan fingerprint density at radius 1 is 1.04 bits per heavy atom. The average molecular weight is 361 g/mol. The molecule has 1 amide bonds. The van der Waals surface area contributed by atoms with Gasteiger partial charge in [-0.2, -0.15) is 0 Å². The van der Waals surface area contributed by atoms with Gasteiger partial charge in [0.2, 0.25) is 0 Å². The molecule has 0 aromatic heterocycles. The van der Waals surface area contributed by atoms with Gasteiger partial charge in [0.1, 0.15) is 11.6 Å². The van der Waals surface area contributed by atoms with Crippen LogP contribution < -0.4 is 19.5 Å². The second-order valence-electron chi connectivity index (χ2n) is 6.08. The van der Waals surface area contributed by atoms with Gasteiger partial charge in [-0.15, -0.1) is 0 Å². The van der Waals surface area contributed by atoms with Gasteiger partial charge in [-0.3, -0.25) is 4.79 Å². The molecule has 0 saturated carbocycles. The first-order valence-electron chi connectivity index (χ1n) is 8.42. The van der Waals surface area contributed by atoms with Crippen LogP contribution in [0, 0.1) is 5.82 Å². The summed E-state index contributed by atoms with van der Waals surface area (Å²) >= 11 is 0. The zero-order chi connectivity index (χ0) is 19.1. The number of hydrogen-bond donors (Lipinski definition) is 1. The number of methoxy groups -OCH3 is 1. The lowest BCUT2D eigenvalue weighted by Crippen LogP contribution is -2.35. The SMILES string of the molecule is COc1cc(CNC(=O)[C@@H](C)Oc2ccc(F)cc2)ccc1OC(C)C. The number of amides is 1. The van der Waals surface area contributed by atoms with Crippen LogP contribution in [0.3, 0.4) is 0 Å². The lowest BCUT2D eigenvalue weighted by atomic mass is 10.2. The molecule has 0 aliphatic heterocycles. The summed E-state index contributed by atoms with van der Waals surface area (Å²) in [5.74, 6) is 1.08. The van der Waals surface area contributed by atoms with Crippen LogP contribution in [0.2, 0.25) is 0 Å². The van der Waals surface area contributed by atoms with Crippen LogP contribution in [-0.2, 0) is 11.3 Å². The van der Waals surface area contributed by atoms with Gasteiger partial charge in [0.25, 0.3) is 5.91 Å². The lowest BCUT2D eigenvalue weighted by Gasteiger charge is -2.16. The summed E-state index contributed by atoms with van der Waals surface area (Å²) < 4.78 is 29.4. The van der Waals surface area contributed by atoms with E-state index in [9.17, 15) is 9.18 Å². The Balaban J connectivity index is 1.92. The van der Waals surface area contributed by atoms with E-state index in [0.29, 0.717) is 23.8 Å². The molecular weight excluding hydrogens is 337 g/mol. The number of carbonyl (C=O) groups excluding carboxylic acids is 1. The van der Waals surface area contributed by atoms with Gasteiger partial charge in [0, 0.05) is 6.54 Å². The van der Waals surface area contributed by atoms with E-state index < -0.39 is 6.10 Å². The molecule has 0 bridgehead atoms. The van der Waals surface area contributed by atoms with Crippen LogP contribution in [0.25, 0.3) is 0 Å². The third-order valence-electron chi connectivity index (χ3n) is 3.55. The van der Waals surface area contributed by atoms with Crippen molar-refractivity contribution >= 4 is 5.91 Å². The minimum absolute atomic E-state index is 0.0407. The lowest BCUT2D eigenvalue weighted by molar-refractivity contribution is -0.127. The molecule has 2 rings (SSSR count). The molecule has 6 heteroatoms. The Labute approximate surface area is 153 Å². The molecule has 0 aliphatic rings. The van der Waals surface area contributed by atoms with Gasteiger partial charge in [0.05, 0.1) is 13.2 Å². The molecule has 0 aliphatic carbocycles. The third-order valence-corrected chi connectivity index (χ3v) is 3.55. The molecule has 2 aromatic rings. The van der Waals surface area contributed by atoms with E-state index in [-0.39, 0.29) is 17.8 Å². The molecule has 0 radical (unpaired) electrons. The highest BCUT2D eigenvalue weighted by molar-refractivity contribution is 5.80. The normalized spacial score (nSPS) is 11.8. The van der Waals surface area contributed by atoms with Crippen molar-refractivity contribution in [1.29, 1.82) is 0 Å². The minimum Gasteiger partial charge on any atom is -0.493 e. The van der Waals surface area contributed by atoms with E-state index in [4.69, 9.17) is 14.2 Å². The van der Waals surface area contributed by atoms with Gasteiger partial charge in [0.15, 0.2) is 17.6 Å². The van der Waals surface area contributed by atoms with Gasteiger partial charge >= 0.3 is 0 Å². The third kappa shape index (κ3) is 5.65. The number of ether oxygens (including phenoxy) is 3. The average Bonchev–Trinajstić information content (AvgIpc) is 2.62. The van der Waals surface area contributed by atoms with E-state index in [2.05, 4.69) is 5.32 Å². The predicted molar refractivity (Wildman–Crippen MR) is 97.1 cm³/mol. The Morgan fingerprint density at radius 2 is 1.73 bits per heavy atom. The van der Waals surface area contributed by atoms with Crippen molar-refractivity contribution in [3.05, 3.63) is 53.8 Å². The first-order valence-corrected chi connectivity index (χ1v) is 8.42. The predicted octanol–water partition coefficient (Wildman–Crippen LogP) is 3.71. The molecular formula is C20H24FNO4. The molecule has 5 nitrogen and oxygen atoms in total. The number of halogens is 1. The van der Waals surface area contributed by atoms with Crippen molar-refractivity contribution < 1.29 is 23.4 Å². The quantitative estimate of drug-likeness (QED) is 0.779. The fourth-order valence-electron chi connectivity index (χ4n) is 2.28. The van der Waals surface area contributed by atoms with Crippen LogP contribution in [-0.4, -0.2) is 25.2 Å². The van der Waals surface area contributed by atoms with Crippen molar-refractivity contribution in [1.82, 2.24) is 5.32 Å². The van der Waals surface area contributed by atoms with Gasteiger partial charge in [-0.25, -0.2) is 4.39 Å². The number of rotatable bonds is 8. The first-order chi connectivity index (χ1) is 12.4. The highest BCUT2D eigenvalue weighted by Crippen LogP contribution is 2.28. The standard InChI is InChI=1S/C20H24FNO4/c1-13(2)25-18-10-5-15(11-19(18)24-4)12-22-20(23)14(3)26-17-8-6-16(21)7-9-17/h5-11,13-14H,12H2,1-4H3,(H,22,23)/t14-/m1/s1. The van der Waals surface area contributed by atoms with Gasteiger partial charge < -0.3 is 19.5 Å². The van der Waals surface area contributed by atoms with E-state index in [1.165, 1.54) is 24.3 Å². The van der Waals surface area contributed by atoms with Gasteiger partial charge in [-0.1, -0.05) is 6.07 Å². The molecule has 1 atom stereocenters. The first kappa shape index (κ1) is 19.6. The second kappa shape index (κ2) is 9.08. The monoisotopic (exact) mass is 361 g/mol. The van der Waals surface area contributed by atoms with Crippen molar-refractivity contribution in [2.75, 3.05) is 7.11 Å². The second-order valence-corrected chi connectivity index (χ2v) is 6.08. The zero-order valence-electron chi connectivity index (χ0n) is 15.4. The van der Waals surface area contributed by atoms with Crippen LogP contribution >= 0.6 is 0 Å². The van der Waals surface area contributed by atoms with E-state index in [1.807, 2.05) is 32.0 Å². The molecule has 1 N–H and O–H groups in total. The summed E-state index contributed by atoms with van der Waals surface area (Å²) in [6, 6.07) is 11.0. The maximum absolute atomic E-state index is 12.9. The van der Waals surface area contributed by atoms with E-state index >= 15 is 0 Å². The largest absolute Gasteiger partial charge is 0.493 e. The number of benzene rings is 2. The summed E-state index contributed by atoms with van der Waals surface area (Å²) in [7, 11) is 1.57. The summed E-state index contributed by atoms with van der Waals surface area (Å²) in [5, 5.41) is 2.81. The smallest absolute Gasteiger partial charge is 0.261 e. The molecule has 0 spiro atoms. The summed E-state index contributed by atoms with van der Waals surface area (Å²) in [6.07, 6.45) is -0.662.